The minimum Gasteiger partial charge on any atom is -0.402 e. The number of benzene rings is 1. The molecule has 0 aliphatic carbocycles. The first-order valence-corrected chi connectivity index (χ1v) is 6.40. The van der Waals surface area contributed by atoms with Crippen LogP contribution in [0.15, 0.2) is 30.3 Å². The summed E-state index contributed by atoms with van der Waals surface area (Å²) in [4.78, 5) is 22.2. The Morgan fingerprint density at radius 1 is 1.13 bits per heavy atom. The molecule has 1 aromatic rings. The molecule has 3 nitrogen and oxygen atoms in total. The standard InChI is InChI=1S/C11H14O3Si/c1-9(12)15(10(2)13)14-8-11-6-4-3-5-7-11/h3-7,15H,8H2,1-2H3. The van der Waals surface area contributed by atoms with Crippen LogP contribution in [-0.4, -0.2) is 19.9 Å². The van der Waals surface area contributed by atoms with Crippen molar-refractivity contribution in [2.45, 2.75) is 20.5 Å². The number of rotatable bonds is 5. The molecule has 4 heteroatoms. The summed E-state index contributed by atoms with van der Waals surface area (Å²) in [6, 6.07) is 9.53. The fourth-order valence-corrected chi connectivity index (χ4v) is 2.68. The van der Waals surface area contributed by atoms with Crippen LogP contribution in [0.5, 0.6) is 0 Å². The Kier molecular flexibility index (Phi) is 4.39. The smallest absolute Gasteiger partial charge is 0.319 e. The lowest BCUT2D eigenvalue weighted by Crippen LogP contribution is -2.35. The van der Waals surface area contributed by atoms with Crippen molar-refractivity contribution in [1.29, 1.82) is 0 Å². The average molecular weight is 222 g/mol. The predicted octanol–water partition coefficient (Wildman–Crippen LogP) is 1.18. The molecule has 0 radical (unpaired) electrons. The summed E-state index contributed by atoms with van der Waals surface area (Å²) in [5, 5.41) is -0.225. The fourth-order valence-electron chi connectivity index (χ4n) is 1.27. The first-order valence-electron chi connectivity index (χ1n) is 4.77. The first kappa shape index (κ1) is 11.8. The molecule has 15 heavy (non-hydrogen) atoms. The van der Waals surface area contributed by atoms with Gasteiger partial charge in [-0.3, -0.25) is 0 Å². The van der Waals surface area contributed by atoms with E-state index >= 15 is 0 Å². The van der Waals surface area contributed by atoms with Gasteiger partial charge in [0, 0.05) is 0 Å². The molecule has 0 aliphatic rings. The van der Waals surface area contributed by atoms with E-state index in [1.165, 1.54) is 13.8 Å². The lowest BCUT2D eigenvalue weighted by molar-refractivity contribution is -0.115. The molecule has 1 rings (SSSR count). The highest BCUT2D eigenvalue weighted by Crippen LogP contribution is 2.02. The van der Waals surface area contributed by atoms with Crippen molar-refractivity contribution < 1.29 is 14.0 Å². The Hall–Kier alpha value is -1.26. The third-order valence-corrected chi connectivity index (χ3v) is 3.97. The Morgan fingerprint density at radius 2 is 1.67 bits per heavy atom. The highest BCUT2D eigenvalue weighted by molar-refractivity contribution is 7.06. The first-order chi connectivity index (χ1) is 7.11. The van der Waals surface area contributed by atoms with Crippen LogP contribution in [0.1, 0.15) is 19.4 Å². The molecular formula is C11H14O3Si. The van der Waals surface area contributed by atoms with Gasteiger partial charge in [-0.2, -0.15) is 0 Å². The van der Waals surface area contributed by atoms with Crippen molar-refractivity contribution in [2.24, 2.45) is 0 Å². The third kappa shape index (κ3) is 3.77. The maximum absolute atomic E-state index is 11.1. The third-order valence-electron chi connectivity index (χ3n) is 2.00. The van der Waals surface area contributed by atoms with Gasteiger partial charge in [-0.1, -0.05) is 30.3 Å². The summed E-state index contributed by atoms with van der Waals surface area (Å²) >= 11 is 0. The van der Waals surface area contributed by atoms with E-state index in [1.807, 2.05) is 30.3 Å². The zero-order valence-electron chi connectivity index (χ0n) is 8.90. The van der Waals surface area contributed by atoms with Gasteiger partial charge >= 0.3 is 9.04 Å². The van der Waals surface area contributed by atoms with Crippen LogP contribution < -0.4 is 0 Å². The largest absolute Gasteiger partial charge is 0.402 e. The van der Waals surface area contributed by atoms with Gasteiger partial charge < -0.3 is 14.0 Å². The van der Waals surface area contributed by atoms with Gasteiger partial charge in [-0.15, -0.1) is 0 Å². The van der Waals surface area contributed by atoms with Crippen molar-refractivity contribution >= 4 is 19.9 Å². The Bertz CT molecular complexity index is 334. The van der Waals surface area contributed by atoms with Crippen molar-refractivity contribution in [2.75, 3.05) is 0 Å². The molecule has 0 heterocycles. The zero-order valence-corrected chi connectivity index (χ0v) is 10.1. The van der Waals surface area contributed by atoms with Crippen molar-refractivity contribution in [3.05, 3.63) is 35.9 Å². The minimum absolute atomic E-state index is 0.113. The molecule has 0 unspecified atom stereocenters. The SMILES string of the molecule is CC(=O)[SiH](OCc1ccccc1)C(C)=O. The quantitative estimate of drug-likeness (QED) is 0.703. The van der Waals surface area contributed by atoms with E-state index in [-0.39, 0.29) is 10.8 Å². The van der Waals surface area contributed by atoms with Gasteiger partial charge in [0.05, 0.1) is 6.61 Å². The monoisotopic (exact) mass is 222 g/mol. The van der Waals surface area contributed by atoms with Gasteiger partial charge in [0.2, 0.25) is 0 Å². The average Bonchev–Trinajstić information content (AvgIpc) is 2.18. The van der Waals surface area contributed by atoms with Gasteiger partial charge in [-0.05, 0) is 19.4 Å². The van der Waals surface area contributed by atoms with Crippen LogP contribution in [0.3, 0.4) is 0 Å². The van der Waals surface area contributed by atoms with Gasteiger partial charge in [0.15, 0.2) is 0 Å². The molecule has 0 fully saturated rings. The van der Waals surface area contributed by atoms with Crippen molar-refractivity contribution in [1.82, 2.24) is 0 Å². The molecule has 1 aromatic carbocycles. The molecule has 0 saturated carbocycles. The molecule has 0 spiro atoms. The lowest BCUT2D eigenvalue weighted by atomic mass is 10.2. The van der Waals surface area contributed by atoms with E-state index in [1.54, 1.807) is 0 Å². The van der Waals surface area contributed by atoms with Gasteiger partial charge in [0.25, 0.3) is 0 Å². The Balaban J connectivity index is 2.55. The summed E-state index contributed by atoms with van der Waals surface area (Å²) in [6.07, 6.45) is 0. The maximum atomic E-state index is 11.1. The molecule has 0 aromatic heterocycles. The molecule has 0 saturated heterocycles. The zero-order chi connectivity index (χ0) is 11.3. The number of hydrogen-bond acceptors (Lipinski definition) is 3. The van der Waals surface area contributed by atoms with Crippen LogP contribution in [-0.2, 0) is 20.6 Å². The molecular weight excluding hydrogens is 208 g/mol. The Labute approximate surface area is 90.8 Å². The van der Waals surface area contributed by atoms with E-state index in [4.69, 9.17) is 4.43 Å². The number of carbonyl (C=O) groups excluding carboxylic acids is 2. The summed E-state index contributed by atoms with van der Waals surface area (Å²) in [5.74, 6) is 0. The van der Waals surface area contributed by atoms with Gasteiger partial charge in [-0.25, -0.2) is 0 Å². The number of hydrogen-bond donors (Lipinski definition) is 0. The summed E-state index contributed by atoms with van der Waals surface area (Å²) in [5.41, 5.74) is 0.984. The highest BCUT2D eigenvalue weighted by atomic mass is 28.3. The van der Waals surface area contributed by atoms with Crippen molar-refractivity contribution in [3.8, 4) is 0 Å². The topological polar surface area (TPSA) is 43.4 Å². The molecule has 0 N–H and O–H groups in total. The summed E-state index contributed by atoms with van der Waals surface area (Å²) < 4.78 is 5.39. The number of carbonyl (C=O) groups is 2. The molecule has 0 bridgehead atoms. The van der Waals surface area contributed by atoms with Crippen LogP contribution >= 0.6 is 0 Å². The maximum Gasteiger partial charge on any atom is 0.319 e. The van der Waals surface area contributed by atoms with E-state index in [0.29, 0.717) is 6.61 Å². The fraction of sp³-hybridized carbons (Fsp3) is 0.273. The summed E-state index contributed by atoms with van der Waals surface area (Å²) in [7, 11) is -2.33. The van der Waals surface area contributed by atoms with E-state index in [2.05, 4.69) is 0 Å². The normalized spacial score (nSPS) is 10.3. The van der Waals surface area contributed by atoms with Crippen molar-refractivity contribution in [3.63, 3.8) is 0 Å². The molecule has 0 aliphatic heterocycles. The van der Waals surface area contributed by atoms with E-state index in [0.717, 1.165) is 5.56 Å². The second kappa shape index (κ2) is 5.58. The second-order valence-corrected chi connectivity index (χ2v) is 6.12. The second-order valence-electron chi connectivity index (χ2n) is 3.40. The molecule has 0 atom stereocenters. The lowest BCUT2D eigenvalue weighted by Gasteiger charge is -2.09. The van der Waals surface area contributed by atoms with Gasteiger partial charge in [0.1, 0.15) is 10.8 Å². The summed E-state index contributed by atoms with van der Waals surface area (Å²) in [6.45, 7) is 3.18. The van der Waals surface area contributed by atoms with Crippen LogP contribution in [0.4, 0.5) is 0 Å². The highest BCUT2D eigenvalue weighted by Gasteiger charge is 2.23. The Morgan fingerprint density at radius 3 is 2.13 bits per heavy atom. The van der Waals surface area contributed by atoms with E-state index in [9.17, 15) is 9.59 Å². The predicted molar refractivity (Wildman–Crippen MR) is 59.7 cm³/mol. The van der Waals surface area contributed by atoms with Crippen LogP contribution in [0.25, 0.3) is 0 Å². The molecule has 0 amide bonds. The van der Waals surface area contributed by atoms with E-state index < -0.39 is 9.04 Å². The minimum atomic E-state index is -2.33. The molecule has 80 valence electrons. The van der Waals surface area contributed by atoms with Crippen LogP contribution in [0.2, 0.25) is 0 Å². The van der Waals surface area contributed by atoms with Crippen LogP contribution in [0, 0.1) is 0 Å².